The van der Waals surface area contributed by atoms with Crippen LogP contribution in [0.5, 0.6) is 0 Å². The molecule has 1 atom stereocenters. The molecule has 1 unspecified atom stereocenters. The largest absolute Gasteiger partial charge is 0.370 e. The van der Waals surface area contributed by atoms with E-state index in [9.17, 15) is 0 Å². The lowest BCUT2D eigenvalue weighted by Gasteiger charge is -2.34. The number of nitrogens with zero attached hydrogens (tertiary/aromatic N) is 4. The van der Waals surface area contributed by atoms with Crippen LogP contribution in [0.4, 0.5) is 5.82 Å². The second-order valence-corrected chi connectivity index (χ2v) is 8.90. The second-order valence-electron chi connectivity index (χ2n) is 7.98. The van der Waals surface area contributed by atoms with Crippen LogP contribution in [0.15, 0.2) is 51.6 Å². The number of likely N-dealkylation sites (N-methyl/N-ethyl adjacent to an activating group) is 1. The molecule has 0 amide bonds. The molecule has 2 aliphatic heterocycles. The van der Waals surface area contributed by atoms with E-state index < -0.39 is 0 Å². The van der Waals surface area contributed by atoms with Crippen molar-refractivity contribution in [1.29, 1.82) is 0 Å². The molecule has 158 valence electrons. The Morgan fingerprint density at radius 3 is 2.63 bits per heavy atom. The first-order chi connectivity index (χ1) is 14.1. The lowest BCUT2D eigenvalue weighted by molar-refractivity contribution is 0.312. The maximum Gasteiger partial charge on any atom is 0.194 e. The number of anilines is 1. The van der Waals surface area contributed by atoms with Crippen LogP contribution in [0.1, 0.15) is 29.2 Å². The van der Waals surface area contributed by atoms with Crippen molar-refractivity contribution in [3.05, 3.63) is 63.3 Å². The van der Waals surface area contributed by atoms with Gasteiger partial charge in [-0.3, -0.25) is 0 Å². The minimum atomic E-state index is -0.0721. The average Bonchev–Trinajstić information content (AvgIpc) is 2.73. The van der Waals surface area contributed by atoms with Gasteiger partial charge in [-0.05, 0) is 54.8 Å². The van der Waals surface area contributed by atoms with Gasteiger partial charge in [0.1, 0.15) is 11.9 Å². The highest BCUT2D eigenvalue weighted by molar-refractivity contribution is 9.10. The zero-order chi connectivity index (χ0) is 20.0. The van der Waals surface area contributed by atoms with E-state index in [0.29, 0.717) is 5.96 Å². The summed E-state index contributed by atoms with van der Waals surface area (Å²) in [6, 6.07) is 10.7. The third-order valence-corrected chi connectivity index (χ3v) is 6.58. The van der Waals surface area contributed by atoms with Crippen LogP contribution in [0, 0.1) is 0 Å². The first-order valence-corrected chi connectivity index (χ1v) is 10.9. The average molecular weight is 490 g/mol. The van der Waals surface area contributed by atoms with Crippen molar-refractivity contribution in [2.45, 2.75) is 18.9 Å². The maximum atomic E-state index is 6.18. The normalized spacial score (nSPS) is 21.2. The minimum absolute atomic E-state index is 0. The summed E-state index contributed by atoms with van der Waals surface area (Å²) in [5, 5.41) is 3.32. The number of aryl methyl sites for hydroxylation is 1. The predicted octanol–water partition coefficient (Wildman–Crippen LogP) is 3.33. The van der Waals surface area contributed by atoms with Crippen molar-refractivity contribution in [3.8, 4) is 0 Å². The predicted molar refractivity (Wildman–Crippen MR) is 128 cm³/mol. The number of hydrogen-bond acceptors (Lipinski definition) is 6. The third-order valence-electron chi connectivity index (χ3n) is 6.09. The van der Waals surface area contributed by atoms with E-state index in [4.69, 9.17) is 15.7 Å². The van der Waals surface area contributed by atoms with Crippen LogP contribution >= 0.6 is 28.3 Å². The van der Waals surface area contributed by atoms with E-state index in [0.717, 1.165) is 60.6 Å². The molecule has 30 heavy (non-hydrogen) atoms. The third kappa shape index (κ3) is 3.94. The minimum Gasteiger partial charge on any atom is -0.370 e. The van der Waals surface area contributed by atoms with Gasteiger partial charge in [0, 0.05) is 42.4 Å². The van der Waals surface area contributed by atoms with Crippen molar-refractivity contribution in [2.24, 2.45) is 10.7 Å². The van der Waals surface area contributed by atoms with Gasteiger partial charge >= 0.3 is 0 Å². The second kappa shape index (κ2) is 8.57. The number of piperazine rings is 1. The first-order valence-electron chi connectivity index (χ1n) is 10.1. The van der Waals surface area contributed by atoms with Gasteiger partial charge in [0.25, 0.3) is 0 Å². The van der Waals surface area contributed by atoms with Crippen LogP contribution in [0.3, 0.4) is 0 Å². The molecule has 1 aliphatic carbocycles. The molecular weight excluding hydrogens is 464 g/mol. The molecular formula is C22H26BrClN6. The smallest absolute Gasteiger partial charge is 0.194 e. The van der Waals surface area contributed by atoms with Crippen LogP contribution in [-0.4, -0.2) is 49.1 Å². The fraction of sp³-hybridized carbons (Fsp3) is 0.364. The van der Waals surface area contributed by atoms with Gasteiger partial charge in [-0.1, -0.05) is 28.1 Å². The number of aliphatic imine (C=N–C) groups is 1. The van der Waals surface area contributed by atoms with Crippen LogP contribution < -0.4 is 16.0 Å². The molecule has 8 heteroatoms. The quantitative estimate of drug-likeness (QED) is 0.677. The zero-order valence-electron chi connectivity index (χ0n) is 16.9. The summed E-state index contributed by atoms with van der Waals surface area (Å²) in [6.45, 7) is 4.18. The van der Waals surface area contributed by atoms with E-state index in [1.807, 2.05) is 6.20 Å². The molecule has 5 rings (SSSR count). The summed E-state index contributed by atoms with van der Waals surface area (Å²) >= 11 is 3.58. The fourth-order valence-corrected chi connectivity index (χ4v) is 4.84. The van der Waals surface area contributed by atoms with Crippen LogP contribution in [0.2, 0.25) is 0 Å². The Kier molecular flexibility index (Phi) is 6.04. The summed E-state index contributed by atoms with van der Waals surface area (Å²) in [5.74, 6) is 1.51. The number of benzene rings is 1. The molecule has 6 nitrogen and oxygen atoms in total. The fourth-order valence-electron chi connectivity index (χ4n) is 4.44. The molecule has 0 saturated carbocycles. The first kappa shape index (κ1) is 21.2. The number of nitrogens with two attached hydrogens (primary N) is 1. The molecule has 3 heterocycles. The molecule has 0 radical (unpaired) electrons. The van der Waals surface area contributed by atoms with Crippen LogP contribution in [0.25, 0.3) is 5.70 Å². The van der Waals surface area contributed by atoms with Crippen molar-refractivity contribution in [2.75, 3.05) is 38.1 Å². The van der Waals surface area contributed by atoms with E-state index in [-0.39, 0.29) is 18.4 Å². The lowest BCUT2D eigenvalue weighted by Crippen LogP contribution is -2.44. The van der Waals surface area contributed by atoms with Gasteiger partial charge in [0.05, 0.1) is 5.70 Å². The molecule has 1 fully saturated rings. The van der Waals surface area contributed by atoms with Crippen LogP contribution in [-0.2, 0) is 6.42 Å². The topological polar surface area (TPSA) is 69.8 Å². The summed E-state index contributed by atoms with van der Waals surface area (Å²) in [6.07, 6.45) is 3.95. The summed E-state index contributed by atoms with van der Waals surface area (Å²) < 4.78 is 1.11. The zero-order valence-corrected chi connectivity index (χ0v) is 19.3. The highest BCUT2D eigenvalue weighted by Gasteiger charge is 2.30. The summed E-state index contributed by atoms with van der Waals surface area (Å²) in [4.78, 5) is 14.2. The standard InChI is InChI=1S/C22H25BrN6.ClH/c1-28-8-10-29(11-9-28)19-7-3-15(13-25-19)20-18-5-2-14-12-16(23)4-6-17(14)21(18)27-22(24)26-20;/h3-4,6-7,12-13,20H,2,5,8-11H2,1H3,(H3,24,26,27);1H. The number of aromatic nitrogens is 1. The van der Waals surface area contributed by atoms with E-state index in [2.05, 4.69) is 68.4 Å². The molecule has 0 bridgehead atoms. The Balaban J connectivity index is 0.00000218. The van der Waals surface area contributed by atoms with E-state index in [1.165, 1.54) is 16.7 Å². The van der Waals surface area contributed by atoms with Gasteiger partial charge in [-0.2, -0.15) is 0 Å². The number of rotatable bonds is 2. The lowest BCUT2D eigenvalue weighted by atomic mass is 9.83. The van der Waals surface area contributed by atoms with E-state index in [1.54, 1.807) is 0 Å². The Morgan fingerprint density at radius 1 is 1.10 bits per heavy atom. The highest BCUT2D eigenvalue weighted by atomic mass is 79.9. The highest BCUT2D eigenvalue weighted by Crippen LogP contribution is 2.41. The summed E-state index contributed by atoms with van der Waals surface area (Å²) in [5.41, 5.74) is 12.2. The molecule has 3 aliphatic rings. The van der Waals surface area contributed by atoms with Gasteiger partial charge < -0.3 is 20.9 Å². The van der Waals surface area contributed by atoms with Gasteiger partial charge in [-0.25, -0.2) is 9.98 Å². The number of hydrogen-bond donors (Lipinski definition) is 2. The maximum absolute atomic E-state index is 6.18. The van der Waals surface area contributed by atoms with Gasteiger partial charge in [0.15, 0.2) is 5.96 Å². The Labute approximate surface area is 191 Å². The molecule has 2 aromatic rings. The number of fused-ring (bicyclic) bond motifs is 2. The van der Waals surface area contributed by atoms with Crippen molar-refractivity contribution < 1.29 is 0 Å². The number of pyridine rings is 1. The monoisotopic (exact) mass is 488 g/mol. The molecule has 1 aromatic heterocycles. The number of halogens is 2. The Bertz CT molecular complexity index is 995. The van der Waals surface area contributed by atoms with Crippen molar-refractivity contribution >= 4 is 45.8 Å². The van der Waals surface area contributed by atoms with Crippen molar-refractivity contribution in [3.63, 3.8) is 0 Å². The van der Waals surface area contributed by atoms with Crippen molar-refractivity contribution in [1.82, 2.24) is 15.2 Å². The summed E-state index contributed by atoms with van der Waals surface area (Å²) in [7, 11) is 2.17. The van der Waals surface area contributed by atoms with Gasteiger partial charge in [-0.15, -0.1) is 12.4 Å². The number of nitrogens with one attached hydrogen (secondary N) is 1. The van der Waals surface area contributed by atoms with E-state index >= 15 is 0 Å². The molecule has 0 spiro atoms. The van der Waals surface area contributed by atoms with Gasteiger partial charge in [0.2, 0.25) is 0 Å². The molecule has 1 saturated heterocycles. The Hall–Kier alpha value is -2.09. The number of guanidine groups is 1. The molecule has 3 N–H and O–H groups in total. The SMILES string of the molecule is CN1CCN(c2ccc(C3N=C(N)NC4=C3CCc3cc(Br)ccc34)cn2)CC1.Cl. The Morgan fingerprint density at radius 2 is 1.90 bits per heavy atom. The molecule has 1 aromatic carbocycles.